The van der Waals surface area contributed by atoms with Gasteiger partial charge in [0, 0.05) is 11.6 Å². The number of hydrogen-bond acceptors (Lipinski definition) is 2. The number of carbonyl (C=O) groups excluding carboxylic acids is 1. The summed E-state index contributed by atoms with van der Waals surface area (Å²) in [7, 11) is 0. The molecule has 0 unspecified atom stereocenters. The Kier molecular flexibility index (Phi) is 3.99. The van der Waals surface area contributed by atoms with Gasteiger partial charge in [-0.2, -0.15) is 4.39 Å². The monoisotopic (exact) mass is 300 g/mol. The molecule has 6 heteroatoms. The smallest absolute Gasteiger partial charge is 0.204 e. The fourth-order valence-corrected chi connectivity index (χ4v) is 1.69. The van der Waals surface area contributed by atoms with E-state index in [9.17, 15) is 18.0 Å². The Labute approximate surface area is 117 Å². The lowest BCUT2D eigenvalue weighted by Gasteiger charge is -2.09. The molecule has 2 aromatic carbocycles. The molecule has 0 aliphatic carbocycles. The van der Waals surface area contributed by atoms with Crippen molar-refractivity contribution in [3.63, 3.8) is 0 Å². The average Bonchev–Trinajstić information content (AvgIpc) is 2.43. The largest absolute Gasteiger partial charge is 0.454 e. The van der Waals surface area contributed by atoms with Crippen molar-refractivity contribution in [3.8, 4) is 11.5 Å². The molecule has 0 aromatic heterocycles. The molecule has 0 aliphatic heterocycles. The summed E-state index contributed by atoms with van der Waals surface area (Å²) in [4.78, 5) is 11.1. The number of halogens is 4. The van der Waals surface area contributed by atoms with Crippen molar-refractivity contribution in [3.05, 3.63) is 58.4 Å². The second-order valence-electron chi connectivity index (χ2n) is 3.98. The van der Waals surface area contributed by atoms with Gasteiger partial charge in [-0.25, -0.2) is 8.78 Å². The lowest BCUT2D eigenvalue weighted by molar-refractivity contribution is 0.101. The van der Waals surface area contributed by atoms with E-state index in [2.05, 4.69) is 0 Å². The van der Waals surface area contributed by atoms with Gasteiger partial charge < -0.3 is 4.74 Å². The lowest BCUT2D eigenvalue weighted by atomic mass is 10.1. The van der Waals surface area contributed by atoms with Crippen LogP contribution in [0.4, 0.5) is 13.2 Å². The van der Waals surface area contributed by atoms with Crippen LogP contribution >= 0.6 is 11.6 Å². The van der Waals surface area contributed by atoms with Crippen molar-refractivity contribution in [2.75, 3.05) is 0 Å². The van der Waals surface area contributed by atoms with E-state index < -0.39 is 28.2 Å². The highest BCUT2D eigenvalue weighted by atomic mass is 35.5. The van der Waals surface area contributed by atoms with Gasteiger partial charge in [-0.3, -0.25) is 4.79 Å². The predicted molar refractivity (Wildman–Crippen MR) is 67.8 cm³/mol. The maximum Gasteiger partial charge on any atom is 0.204 e. The van der Waals surface area contributed by atoms with Gasteiger partial charge in [-0.1, -0.05) is 11.6 Å². The van der Waals surface area contributed by atoms with Gasteiger partial charge in [0.2, 0.25) is 5.82 Å². The summed E-state index contributed by atoms with van der Waals surface area (Å²) in [5.41, 5.74) is 0.446. The summed E-state index contributed by atoms with van der Waals surface area (Å²) in [6, 6.07) is 6.60. The summed E-state index contributed by atoms with van der Waals surface area (Å²) < 4.78 is 44.7. The molecule has 0 aliphatic rings. The zero-order valence-corrected chi connectivity index (χ0v) is 11.0. The van der Waals surface area contributed by atoms with Gasteiger partial charge in [0.05, 0.1) is 5.02 Å². The predicted octanol–water partition coefficient (Wildman–Crippen LogP) is 4.75. The Morgan fingerprint density at radius 2 is 1.65 bits per heavy atom. The molecule has 0 N–H and O–H groups in total. The minimum Gasteiger partial charge on any atom is -0.454 e. The van der Waals surface area contributed by atoms with Crippen molar-refractivity contribution < 1.29 is 22.7 Å². The molecule has 0 heterocycles. The molecule has 0 fully saturated rings. The molecule has 0 amide bonds. The molecular weight excluding hydrogens is 293 g/mol. The van der Waals surface area contributed by atoms with Gasteiger partial charge in [-0.05, 0) is 31.2 Å². The molecule has 20 heavy (non-hydrogen) atoms. The third kappa shape index (κ3) is 2.77. The average molecular weight is 301 g/mol. The minimum absolute atomic E-state index is 0.140. The molecule has 0 radical (unpaired) electrons. The van der Waals surface area contributed by atoms with Crippen molar-refractivity contribution in [1.29, 1.82) is 0 Å². The summed E-state index contributed by atoms with van der Waals surface area (Å²) in [6.07, 6.45) is 0. The lowest BCUT2D eigenvalue weighted by Crippen LogP contribution is -1.97. The Balaban J connectivity index is 2.33. The molecule has 0 spiro atoms. The molecule has 2 aromatic rings. The van der Waals surface area contributed by atoms with E-state index in [1.165, 1.54) is 31.2 Å². The number of benzene rings is 2. The molecule has 0 atom stereocenters. The quantitative estimate of drug-likeness (QED) is 0.464. The van der Waals surface area contributed by atoms with Crippen LogP contribution < -0.4 is 4.74 Å². The fraction of sp³-hybridized carbons (Fsp3) is 0.0714. The van der Waals surface area contributed by atoms with Crippen LogP contribution in [0.3, 0.4) is 0 Å². The summed E-state index contributed by atoms with van der Waals surface area (Å²) >= 11 is 5.42. The van der Waals surface area contributed by atoms with E-state index in [0.29, 0.717) is 5.56 Å². The zero-order chi connectivity index (χ0) is 14.9. The highest BCUT2D eigenvalue weighted by Crippen LogP contribution is 2.31. The van der Waals surface area contributed by atoms with Gasteiger partial charge >= 0.3 is 0 Å². The zero-order valence-electron chi connectivity index (χ0n) is 10.2. The van der Waals surface area contributed by atoms with Crippen LogP contribution in [0.2, 0.25) is 5.02 Å². The van der Waals surface area contributed by atoms with E-state index in [0.717, 1.165) is 6.07 Å². The van der Waals surface area contributed by atoms with Crippen molar-refractivity contribution in [1.82, 2.24) is 0 Å². The first-order chi connectivity index (χ1) is 9.40. The van der Waals surface area contributed by atoms with Crippen LogP contribution in [0.25, 0.3) is 0 Å². The van der Waals surface area contributed by atoms with Crippen molar-refractivity contribution in [2.45, 2.75) is 6.92 Å². The van der Waals surface area contributed by atoms with E-state index in [-0.39, 0.29) is 11.5 Å². The Hall–Kier alpha value is -2.01. The summed E-state index contributed by atoms with van der Waals surface area (Å²) in [5.74, 6) is -5.15. The van der Waals surface area contributed by atoms with Crippen LogP contribution in [0.15, 0.2) is 30.3 Å². The first kappa shape index (κ1) is 14.4. The molecule has 104 valence electrons. The summed E-state index contributed by atoms with van der Waals surface area (Å²) in [5, 5.41) is -0.584. The van der Waals surface area contributed by atoms with Crippen LogP contribution in [-0.4, -0.2) is 5.78 Å². The maximum atomic E-state index is 13.5. The highest BCUT2D eigenvalue weighted by Gasteiger charge is 2.19. The van der Waals surface area contributed by atoms with Gasteiger partial charge in [0.1, 0.15) is 5.75 Å². The van der Waals surface area contributed by atoms with E-state index in [1.807, 2.05) is 0 Å². The SMILES string of the molecule is CC(=O)c1ccc(Oc2cc(Cl)c(F)c(F)c2F)cc1. The number of ether oxygens (including phenoxy) is 1. The standard InChI is InChI=1S/C14H8ClF3O2/c1-7(19)8-2-4-9(5-3-8)20-11-6-10(15)12(16)14(18)13(11)17/h2-6H,1H3. The molecule has 0 saturated heterocycles. The minimum atomic E-state index is -1.70. The fourth-order valence-electron chi connectivity index (χ4n) is 1.51. The third-order valence-corrected chi connectivity index (χ3v) is 2.83. The van der Waals surface area contributed by atoms with Crippen molar-refractivity contribution >= 4 is 17.4 Å². The van der Waals surface area contributed by atoms with Crippen LogP contribution in [0.5, 0.6) is 11.5 Å². The molecule has 0 saturated carbocycles. The number of rotatable bonds is 3. The topological polar surface area (TPSA) is 26.3 Å². The van der Waals surface area contributed by atoms with E-state index in [4.69, 9.17) is 16.3 Å². The number of carbonyl (C=O) groups is 1. The summed E-state index contributed by atoms with van der Waals surface area (Å²) in [6.45, 7) is 1.39. The normalized spacial score (nSPS) is 10.4. The van der Waals surface area contributed by atoms with Crippen molar-refractivity contribution in [2.24, 2.45) is 0 Å². The highest BCUT2D eigenvalue weighted by molar-refractivity contribution is 6.30. The first-order valence-corrected chi connectivity index (χ1v) is 5.89. The molecule has 0 bridgehead atoms. The number of Topliss-reactive ketones (excluding diaryl/α,β-unsaturated/α-hetero) is 1. The second-order valence-corrected chi connectivity index (χ2v) is 4.39. The maximum absolute atomic E-state index is 13.5. The van der Waals surface area contributed by atoms with Crippen LogP contribution in [0.1, 0.15) is 17.3 Å². The number of ketones is 1. The number of hydrogen-bond donors (Lipinski definition) is 0. The Morgan fingerprint density at radius 3 is 2.20 bits per heavy atom. The van der Waals surface area contributed by atoms with Gasteiger partial charge in [0.25, 0.3) is 0 Å². The molecule has 2 nitrogen and oxygen atoms in total. The third-order valence-electron chi connectivity index (χ3n) is 2.56. The molecular formula is C14H8ClF3O2. The van der Waals surface area contributed by atoms with Crippen LogP contribution in [-0.2, 0) is 0 Å². The van der Waals surface area contributed by atoms with E-state index in [1.54, 1.807) is 0 Å². The Morgan fingerprint density at radius 1 is 1.05 bits per heavy atom. The van der Waals surface area contributed by atoms with Gasteiger partial charge in [0.15, 0.2) is 23.2 Å². The Bertz CT molecular complexity index is 669. The molecule has 2 rings (SSSR count). The second kappa shape index (κ2) is 5.54. The first-order valence-electron chi connectivity index (χ1n) is 5.52. The van der Waals surface area contributed by atoms with E-state index >= 15 is 0 Å². The van der Waals surface area contributed by atoms with Gasteiger partial charge in [-0.15, -0.1) is 0 Å². The van der Waals surface area contributed by atoms with Crippen LogP contribution in [0, 0.1) is 17.5 Å².